The van der Waals surface area contributed by atoms with E-state index in [0.717, 1.165) is 273 Å². The van der Waals surface area contributed by atoms with Crippen LogP contribution in [0.25, 0.3) is 0 Å². The monoisotopic (exact) mass is 2020 g/mol. The third kappa shape index (κ3) is 36.5. The van der Waals surface area contributed by atoms with Gasteiger partial charge in [-0.2, -0.15) is 0 Å². The Kier molecular flexibility index (Phi) is 44.4. The Labute approximate surface area is 884 Å². The molecule has 2 aromatic heterocycles. The van der Waals surface area contributed by atoms with Crippen LogP contribution in [0.5, 0.6) is 0 Å². The number of urea groups is 6. The van der Waals surface area contributed by atoms with Gasteiger partial charge < -0.3 is 41.7 Å². The standard InChI is InChI=1S/2C22H34N4O.2C20H27N5O.2C18H26N2O/c1-17(2)7-9-24-11-13-25(14-12-24)16-20-5-6-21(18(3)15-20)26-10-8-19(4)23-22(26)27;1-17(2)7-9-24-11-13-25(14-12-24)16-20-6-5-18(3)21(15-20)26-10-8-19(4)23-22(26)27;1-14(2)7-9-24-13-18(22-23-24)12-17-5-6-19(15(3)11-17)25-10-8-16(4)21-20(25)26;1-14(2)7-9-24-13-18(22-23-24)11-17-6-5-15(3)19(12-17)25-10-8-16(4)21-20(25)26;1-13(2)6-5-7-16-8-9-17(14(3)12-16)20-11-10-15(4)19-18(20)21;1-13(2)6-5-7-16-9-8-14(3)17(12-16)20-11-10-15(4)19-18(20)21/h2*5-6,15,17H,4,7-14,16H2,1-3H3,(H,23,27);5-6,11,13-14H,4,7-10,12H2,1-3H3,(H,21,26);5-6,12-14H,4,7-11H2,1-3H3,(H,21,26);2*8-9,12-13H,4-7,10-11H2,1-3H3,(H,19,21). The van der Waals surface area contributed by atoms with Crippen molar-refractivity contribution in [1.82, 2.24) is 81.5 Å². The lowest BCUT2D eigenvalue weighted by Crippen LogP contribution is -2.46. The number of amides is 12. The van der Waals surface area contributed by atoms with E-state index < -0.39 is 0 Å². The molecule has 0 spiro atoms. The molecule has 28 heteroatoms. The Hall–Kier alpha value is -12.5. The second kappa shape index (κ2) is 56.8. The smallest absolute Gasteiger partial charge is 0.312 e. The first-order valence-corrected chi connectivity index (χ1v) is 54.5. The molecular formula is C120H174N22O6. The van der Waals surface area contributed by atoms with Gasteiger partial charge in [-0.3, -0.25) is 48.6 Å². The van der Waals surface area contributed by atoms with Gasteiger partial charge >= 0.3 is 36.2 Å². The molecule has 0 saturated carbocycles. The number of aryl methyl sites for hydroxylation is 10. The van der Waals surface area contributed by atoms with E-state index in [9.17, 15) is 28.8 Å². The lowest BCUT2D eigenvalue weighted by Gasteiger charge is -2.35. The van der Waals surface area contributed by atoms with E-state index in [0.29, 0.717) is 57.5 Å². The van der Waals surface area contributed by atoms with Crippen molar-refractivity contribution in [1.29, 1.82) is 0 Å². The largest absolute Gasteiger partial charge is 0.326 e. The van der Waals surface area contributed by atoms with E-state index in [4.69, 9.17) is 0 Å². The minimum Gasteiger partial charge on any atom is -0.312 e. The molecule has 8 fully saturated rings. The molecule has 8 aliphatic rings. The number of carbonyl (C=O) groups is 6. The summed E-state index contributed by atoms with van der Waals surface area (Å²) in [7, 11) is 0. The van der Waals surface area contributed by atoms with Crippen molar-refractivity contribution in [3.05, 3.63) is 273 Å². The van der Waals surface area contributed by atoms with Crippen LogP contribution in [0.2, 0.25) is 0 Å². The zero-order chi connectivity index (χ0) is 107. The highest BCUT2D eigenvalue weighted by molar-refractivity contribution is 5.99. The zero-order valence-corrected chi connectivity index (χ0v) is 92.7. The Bertz CT molecular complexity index is 5840. The van der Waals surface area contributed by atoms with Gasteiger partial charge in [0.2, 0.25) is 0 Å². The third-order valence-electron chi connectivity index (χ3n) is 28.4. The molecule has 0 aliphatic carbocycles. The maximum absolute atomic E-state index is 12.3. The molecule has 12 amide bonds. The zero-order valence-electron chi connectivity index (χ0n) is 92.7. The fourth-order valence-corrected chi connectivity index (χ4v) is 19.2. The van der Waals surface area contributed by atoms with Gasteiger partial charge in [0.05, 0.1) is 11.4 Å². The van der Waals surface area contributed by atoms with Crippen LogP contribution in [0.4, 0.5) is 62.9 Å². The summed E-state index contributed by atoms with van der Waals surface area (Å²) >= 11 is 0. The molecule has 800 valence electrons. The Balaban J connectivity index is 0.000000169. The number of hydrogen-bond acceptors (Lipinski definition) is 14. The quantitative estimate of drug-likeness (QED) is 0.0219. The molecule has 0 atom stereocenters. The van der Waals surface area contributed by atoms with Crippen molar-refractivity contribution in [2.75, 3.05) is 134 Å². The highest BCUT2D eigenvalue weighted by Crippen LogP contribution is 2.34. The lowest BCUT2D eigenvalue weighted by molar-refractivity contribution is 0.123. The van der Waals surface area contributed by atoms with Crippen molar-refractivity contribution in [3.8, 4) is 0 Å². The summed E-state index contributed by atoms with van der Waals surface area (Å²) in [6.45, 7) is 81.9. The molecule has 8 saturated heterocycles. The van der Waals surface area contributed by atoms with Crippen LogP contribution in [0.15, 0.2) is 195 Å². The first-order chi connectivity index (χ1) is 70.6. The highest BCUT2D eigenvalue weighted by atomic mass is 16.2. The van der Waals surface area contributed by atoms with E-state index in [1.54, 1.807) is 9.80 Å². The first-order valence-electron chi connectivity index (χ1n) is 54.5. The average molecular weight is 2020 g/mol. The summed E-state index contributed by atoms with van der Waals surface area (Å²) < 4.78 is 3.83. The number of hydrogen-bond donors (Lipinski definition) is 6. The number of anilines is 6. The average Bonchev–Trinajstić information content (AvgIpc) is 1.25. The highest BCUT2D eigenvalue weighted by Gasteiger charge is 2.31. The molecule has 6 aromatic carbocycles. The first kappa shape index (κ1) is 116. The summed E-state index contributed by atoms with van der Waals surface area (Å²) in [4.78, 5) is 94.3. The molecule has 148 heavy (non-hydrogen) atoms. The van der Waals surface area contributed by atoms with Gasteiger partial charge in [-0.25, -0.2) is 28.8 Å². The molecule has 6 N–H and O–H groups in total. The minimum absolute atomic E-state index is 0.0614. The molecule has 0 unspecified atom stereocenters. The van der Waals surface area contributed by atoms with Gasteiger partial charge in [0.15, 0.2) is 0 Å². The number of piperazine rings is 2. The maximum atomic E-state index is 12.3. The predicted molar refractivity (Wildman–Crippen MR) is 607 cm³/mol. The predicted octanol–water partition coefficient (Wildman–Crippen LogP) is 23.3. The fourth-order valence-electron chi connectivity index (χ4n) is 19.2. The van der Waals surface area contributed by atoms with E-state index in [-0.39, 0.29) is 36.2 Å². The molecule has 0 radical (unpaired) electrons. The molecule has 10 heterocycles. The van der Waals surface area contributed by atoms with Gasteiger partial charge in [0.1, 0.15) is 0 Å². The summed E-state index contributed by atoms with van der Waals surface area (Å²) in [5.41, 5.74) is 27.0. The molecule has 8 aliphatic heterocycles. The van der Waals surface area contributed by atoms with Crippen LogP contribution >= 0.6 is 0 Å². The molecule has 8 aromatic rings. The Morgan fingerprint density at radius 1 is 0.264 bits per heavy atom. The number of benzene rings is 6. The van der Waals surface area contributed by atoms with E-state index >= 15 is 0 Å². The molecule has 0 bridgehead atoms. The van der Waals surface area contributed by atoms with E-state index in [1.165, 1.54) is 98.1 Å². The summed E-state index contributed by atoms with van der Waals surface area (Å²) in [6, 6.07) is 37.9. The van der Waals surface area contributed by atoms with E-state index in [1.807, 2.05) is 61.3 Å². The molecular weight excluding hydrogens is 1850 g/mol. The normalized spacial score (nSPS) is 16.8. The third-order valence-corrected chi connectivity index (χ3v) is 28.4. The topological polar surface area (TPSA) is 268 Å². The second-order valence-electron chi connectivity index (χ2n) is 44.2. The van der Waals surface area contributed by atoms with Gasteiger partial charge in [-0.15, -0.1) is 10.2 Å². The summed E-state index contributed by atoms with van der Waals surface area (Å²) in [5, 5.41) is 33.9. The van der Waals surface area contributed by atoms with E-state index in [2.05, 4.69) is 326 Å². The van der Waals surface area contributed by atoms with Crippen LogP contribution in [-0.4, -0.2) is 190 Å². The van der Waals surface area contributed by atoms with Gasteiger partial charge in [0, 0.05) is 250 Å². The van der Waals surface area contributed by atoms with Gasteiger partial charge in [0.25, 0.3) is 0 Å². The Morgan fingerprint density at radius 2 is 0.500 bits per heavy atom. The van der Waals surface area contributed by atoms with Gasteiger partial charge in [-0.05, 0) is 245 Å². The number of carbonyl (C=O) groups excluding carboxylic acids is 6. The minimum atomic E-state index is -0.110. The maximum Gasteiger partial charge on any atom is 0.326 e. The second-order valence-corrected chi connectivity index (χ2v) is 44.2. The fraction of sp³-hybridized carbons (Fsp3) is 0.517. The van der Waals surface area contributed by atoms with Crippen molar-refractivity contribution >= 4 is 70.3 Å². The van der Waals surface area contributed by atoms with Crippen molar-refractivity contribution in [2.45, 2.75) is 266 Å². The van der Waals surface area contributed by atoms with Gasteiger partial charge in [-0.1, -0.05) is 219 Å². The van der Waals surface area contributed by atoms with Crippen molar-refractivity contribution in [2.24, 2.45) is 35.5 Å². The van der Waals surface area contributed by atoms with Crippen molar-refractivity contribution in [3.63, 3.8) is 0 Å². The van der Waals surface area contributed by atoms with Crippen LogP contribution in [0.3, 0.4) is 0 Å². The van der Waals surface area contributed by atoms with Crippen molar-refractivity contribution < 1.29 is 28.8 Å². The van der Waals surface area contributed by atoms with Crippen LogP contribution < -0.4 is 61.3 Å². The summed E-state index contributed by atoms with van der Waals surface area (Å²) in [6.07, 6.45) is 22.1. The summed E-state index contributed by atoms with van der Waals surface area (Å²) in [5.74, 6) is 4.36. The molecule has 16 rings (SSSR count). The van der Waals surface area contributed by atoms with Crippen LogP contribution in [-0.2, 0) is 51.9 Å². The van der Waals surface area contributed by atoms with Crippen LogP contribution in [0.1, 0.15) is 251 Å². The number of nitrogens with zero attached hydrogens (tertiary/aromatic N) is 16. The molecule has 28 nitrogen and oxygen atoms in total. The number of rotatable bonds is 34. The number of nitrogens with one attached hydrogen (secondary N) is 6. The SMILES string of the molecule is C=C1CCN(c2cc(CCCC(C)C)ccc2C)C(=O)N1.C=C1CCN(c2cc(CN3CCN(CCC(C)C)CC3)ccc2C)C(=O)N1.C=C1CCN(c2cc(Cc3cn(CCC(C)C)nn3)ccc2C)C(=O)N1.C=C1CCN(c2ccc(CCCC(C)C)cc2C)C(=O)N1.C=C1CCN(c2ccc(CN3CCN(CCC(C)C)CC3)cc2C)C(=O)N1.C=C1CCN(c2ccc(Cc3cn(CCC(C)C)nn3)cc2C)C(=O)N1. The lowest BCUT2D eigenvalue weighted by atomic mass is 10.0. The van der Waals surface area contributed by atoms with Crippen LogP contribution in [0, 0.1) is 77.0 Å². The number of aromatic nitrogens is 6. The Morgan fingerprint density at radius 3 is 0.818 bits per heavy atom.